The van der Waals surface area contributed by atoms with Gasteiger partial charge in [-0.2, -0.15) is 13.2 Å². The zero-order valence-corrected chi connectivity index (χ0v) is 10.6. The number of halogens is 4. The molecule has 1 aromatic heterocycles. The van der Waals surface area contributed by atoms with E-state index in [2.05, 4.69) is 20.9 Å². The lowest BCUT2D eigenvalue weighted by atomic mass is 10.4. The molecule has 8 heteroatoms. The van der Waals surface area contributed by atoms with E-state index in [1.54, 1.807) is 6.92 Å². The predicted octanol–water partition coefficient (Wildman–Crippen LogP) is 2.57. The summed E-state index contributed by atoms with van der Waals surface area (Å²) in [6.45, 7) is 1.62. The van der Waals surface area contributed by atoms with Gasteiger partial charge in [-0.15, -0.1) is 0 Å². The van der Waals surface area contributed by atoms with E-state index in [1.165, 1.54) is 6.33 Å². The Morgan fingerprint density at radius 2 is 2.19 bits per heavy atom. The van der Waals surface area contributed by atoms with E-state index in [9.17, 15) is 18.0 Å². The van der Waals surface area contributed by atoms with Gasteiger partial charge in [-0.05, 0) is 34.6 Å². The van der Waals surface area contributed by atoms with Gasteiger partial charge in [0.2, 0.25) is 0 Å². The fourth-order valence-corrected chi connectivity index (χ4v) is 1.81. The van der Waals surface area contributed by atoms with E-state index >= 15 is 0 Å². The molecule has 0 saturated heterocycles. The molecule has 0 aromatic carbocycles. The largest absolute Gasteiger partial charge is 0.441 e. The predicted molar refractivity (Wildman–Crippen MR) is 59.4 cm³/mol. The number of hydrogen-bond donors (Lipinski definition) is 0. The molecule has 0 radical (unpaired) electrons. The average molecular weight is 317 g/mol. The van der Waals surface area contributed by atoms with Gasteiger partial charge < -0.3 is 0 Å². The van der Waals surface area contributed by atoms with Crippen LogP contribution in [0.2, 0.25) is 0 Å². The van der Waals surface area contributed by atoms with Crippen molar-refractivity contribution >= 4 is 27.7 Å². The first-order valence-corrected chi connectivity index (χ1v) is 6.01. The highest BCUT2D eigenvalue weighted by molar-refractivity contribution is 9.10. The summed E-state index contributed by atoms with van der Waals surface area (Å²) in [6, 6.07) is 0. The molecule has 90 valence electrons. The van der Waals surface area contributed by atoms with E-state index < -0.39 is 5.51 Å². The van der Waals surface area contributed by atoms with E-state index in [0.717, 1.165) is 4.57 Å². The lowest BCUT2D eigenvalue weighted by Crippen LogP contribution is -2.23. The molecule has 1 rings (SSSR count). The van der Waals surface area contributed by atoms with Gasteiger partial charge >= 0.3 is 5.51 Å². The van der Waals surface area contributed by atoms with Gasteiger partial charge in [-0.3, -0.25) is 9.36 Å². The van der Waals surface area contributed by atoms with Gasteiger partial charge in [0.15, 0.2) is 0 Å². The summed E-state index contributed by atoms with van der Waals surface area (Å²) in [6.07, 6.45) is 1.25. The SMILES string of the molecule is Cc1ncn(CCSC(F)(F)F)c(=O)c1Br. The minimum Gasteiger partial charge on any atom is -0.297 e. The number of hydrogen-bond acceptors (Lipinski definition) is 3. The summed E-state index contributed by atoms with van der Waals surface area (Å²) < 4.78 is 37.0. The first kappa shape index (κ1) is 13.6. The Balaban J connectivity index is 2.69. The number of aromatic nitrogens is 2. The number of aryl methyl sites for hydroxylation is 2. The quantitative estimate of drug-likeness (QED) is 0.859. The van der Waals surface area contributed by atoms with Gasteiger partial charge in [0.25, 0.3) is 5.56 Å². The summed E-state index contributed by atoms with van der Waals surface area (Å²) in [4.78, 5) is 15.4. The van der Waals surface area contributed by atoms with E-state index in [1.807, 2.05) is 0 Å². The van der Waals surface area contributed by atoms with Crippen molar-refractivity contribution in [3.63, 3.8) is 0 Å². The Morgan fingerprint density at radius 3 is 2.75 bits per heavy atom. The minimum atomic E-state index is -4.26. The normalized spacial score (nSPS) is 11.8. The van der Waals surface area contributed by atoms with Crippen LogP contribution in [0, 0.1) is 6.92 Å². The summed E-state index contributed by atoms with van der Waals surface area (Å²) in [5.41, 5.74) is -4.11. The van der Waals surface area contributed by atoms with Crippen LogP contribution in [0.25, 0.3) is 0 Å². The number of thioether (sulfide) groups is 1. The molecular formula is C8H8BrF3N2OS. The van der Waals surface area contributed by atoms with Crippen LogP contribution in [-0.2, 0) is 6.54 Å². The van der Waals surface area contributed by atoms with Crippen molar-refractivity contribution in [3.8, 4) is 0 Å². The fraction of sp³-hybridized carbons (Fsp3) is 0.500. The Labute approximate surface area is 102 Å². The maximum Gasteiger partial charge on any atom is 0.441 e. The molecule has 0 aliphatic rings. The Bertz CT molecular complexity index is 432. The minimum absolute atomic E-state index is 0.0190. The maximum atomic E-state index is 11.9. The Hall–Kier alpha value is -0.500. The van der Waals surface area contributed by atoms with Crippen molar-refractivity contribution in [1.82, 2.24) is 9.55 Å². The lowest BCUT2D eigenvalue weighted by molar-refractivity contribution is -0.0328. The van der Waals surface area contributed by atoms with Crippen molar-refractivity contribution in [3.05, 3.63) is 26.8 Å². The molecule has 0 fully saturated rings. The van der Waals surface area contributed by atoms with Gasteiger partial charge in [0, 0.05) is 12.3 Å². The summed E-state index contributed by atoms with van der Waals surface area (Å²) in [5.74, 6) is -0.208. The first-order chi connectivity index (χ1) is 7.31. The molecule has 0 bridgehead atoms. The van der Waals surface area contributed by atoms with Crippen molar-refractivity contribution < 1.29 is 13.2 Å². The van der Waals surface area contributed by atoms with Crippen LogP contribution >= 0.6 is 27.7 Å². The molecule has 0 aliphatic carbocycles. The highest BCUT2D eigenvalue weighted by atomic mass is 79.9. The molecule has 0 amide bonds. The Morgan fingerprint density at radius 1 is 1.56 bits per heavy atom. The van der Waals surface area contributed by atoms with Gasteiger partial charge in [0.1, 0.15) is 4.47 Å². The molecule has 0 spiro atoms. The second-order valence-corrected chi connectivity index (χ2v) is 4.89. The molecular weight excluding hydrogens is 309 g/mol. The van der Waals surface area contributed by atoms with Crippen LogP contribution in [-0.4, -0.2) is 20.8 Å². The average Bonchev–Trinajstić information content (AvgIpc) is 2.16. The van der Waals surface area contributed by atoms with Crippen LogP contribution in [0.1, 0.15) is 5.69 Å². The molecule has 16 heavy (non-hydrogen) atoms. The number of nitrogens with zero attached hydrogens (tertiary/aromatic N) is 2. The zero-order chi connectivity index (χ0) is 12.3. The molecule has 1 heterocycles. The maximum absolute atomic E-state index is 11.9. The Kier molecular flexibility index (Phi) is 4.43. The van der Waals surface area contributed by atoms with Crippen molar-refractivity contribution in [2.45, 2.75) is 19.0 Å². The molecule has 1 aromatic rings. The molecule has 0 atom stereocenters. The highest BCUT2D eigenvalue weighted by Gasteiger charge is 2.27. The van der Waals surface area contributed by atoms with Crippen LogP contribution in [0.5, 0.6) is 0 Å². The smallest absolute Gasteiger partial charge is 0.297 e. The molecule has 0 saturated carbocycles. The van der Waals surface area contributed by atoms with Gasteiger partial charge in [-0.1, -0.05) is 0 Å². The second kappa shape index (κ2) is 5.22. The van der Waals surface area contributed by atoms with Crippen LogP contribution in [0.4, 0.5) is 13.2 Å². The zero-order valence-electron chi connectivity index (χ0n) is 8.21. The van der Waals surface area contributed by atoms with Crippen molar-refractivity contribution in [2.75, 3.05) is 5.75 Å². The first-order valence-electron chi connectivity index (χ1n) is 4.23. The van der Waals surface area contributed by atoms with Crippen LogP contribution in [0.15, 0.2) is 15.6 Å². The van der Waals surface area contributed by atoms with E-state index in [4.69, 9.17) is 0 Å². The van der Waals surface area contributed by atoms with E-state index in [0.29, 0.717) is 5.69 Å². The summed E-state index contributed by atoms with van der Waals surface area (Å²) >= 11 is 2.88. The van der Waals surface area contributed by atoms with Crippen molar-refractivity contribution in [1.29, 1.82) is 0 Å². The van der Waals surface area contributed by atoms with Gasteiger partial charge in [0.05, 0.1) is 12.0 Å². The van der Waals surface area contributed by atoms with Crippen LogP contribution in [0.3, 0.4) is 0 Å². The third-order valence-electron chi connectivity index (χ3n) is 1.75. The van der Waals surface area contributed by atoms with Crippen LogP contribution < -0.4 is 5.56 Å². The number of rotatable bonds is 3. The summed E-state index contributed by atoms with van der Waals surface area (Å²) in [5, 5.41) is 0. The topological polar surface area (TPSA) is 34.9 Å². The summed E-state index contributed by atoms with van der Waals surface area (Å²) in [7, 11) is 0. The van der Waals surface area contributed by atoms with Crippen molar-refractivity contribution in [2.24, 2.45) is 0 Å². The monoisotopic (exact) mass is 316 g/mol. The van der Waals surface area contributed by atoms with E-state index in [-0.39, 0.29) is 34.1 Å². The number of alkyl halides is 3. The third-order valence-corrected chi connectivity index (χ3v) is 3.38. The third kappa shape index (κ3) is 3.82. The molecule has 0 N–H and O–H groups in total. The second-order valence-electron chi connectivity index (χ2n) is 2.94. The highest BCUT2D eigenvalue weighted by Crippen LogP contribution is 2.29. The molecule has 3 nitrogen and oxygen atoms in total. The lowest BCUT2D eigenvalue weighted by Gasteiger charge is -2.08. The molecule has 0 aliphatic heterocycles. The molecule has 0 unspecified atom stereocenters. The van der Waals surface area contributed by atoms with Gasteiger partial charge in [-0.25, -0.2) is 4.98 Å². The fourth-order valence-electron chi connectivity index (χ4n) is 0.965. The standard InChI is InChI=1S/C8H8BrF3N2OS/c1-5-6(9)7(15)14(4-13-5)2-3-16-8(10,11)12/h4H,2-3H2,1H3.